The fourth-order valence-electron chi connectivity index (χ4n) is 2.15. The zero-order valence-corrected chi connectivity index (χ0v) is 20.5. The van der Waals surface area contributed by atoms with Gasteiger partial charge in [-0.25, -0.2) is 9.97 Å². The van der Waals surface area contributed by atoms with E-state index in [4.69, 9.17) is 0 Å². The van der Waals surface area contributed by atoms with Gasteiger partial charge in [-0.1, -0.05) is 24.3 Å². The Labute approximate surface area is 189 Å². The van der Waals surface area contributed by atoms with Gasteiger partial charge >= 0.3 is 0 Å². The van der Waals surface area contributed by atoms with E-state index in [0.29, 0.717) is 6.04 Å². The Balaban J connectivity index is 0.000000166. The summed E-state index contributed by atoms with van der Waals surface area (Å²) in [6, 6.07) is 16.9. The van der Waals surface area contributed by atoms with E-state index in [0.717, 1.165) is 19.7 Å². The number of aromatic nitrogens is 2. The molecule has 0 aliphatic carbocycles. The van der Waals surface area contributed by atoms with Crippen molar-refractivity contribution in [3.63, 3.8) is 0 Å². The minimum atomic E-state index is 0.114. The highest BCUT2D eigenvalue weighted by atomic mass is 32.2. The van der Waals surface area contributed by atoms with E-state index < -0.39 is 0 Å². The molecule has 29 heavy (non-hydrogen) atoms. The van der Waals surface area contributed by atoms with Crippen LogP contribution in [0.15, 0.2) is 57.2 Å². The molecule has 2 aromatic carbocycles. The average Bonchev–Trinajstić information content (AvgIpc) is 3.28. The van der Waals surface area contributed by atoms with Crippen LogP contribution in [0.1, 0.15) is 34.6 Å². The van der Waals surface area contributed by atoms with Crippen molar-refractivity contribution >= 4 is 67.0 Å². The number of thiazole rings is 2. The lowest BCUT2D eigenvalue weighted by Gasteiger charge is -2.17. The number of hydrogen-bond donors (Lipinski definition) is 2. The first-order chi connectivity index (χ1) is 13.8. The molecule has 4 nitrogen and oxygen atoms in total. The first-order valence-corrected chi connectivity index (χ1v) is 12.6. The van der Waals surface area contributed by atoms with Crippen molar-refractivity contribution in [3.05, 3.63) is 48.5 Å². The van der Waals surface area contributed by atoms with Gasteiger partial charge in [0.1, 0.15) is 0 Å². The molecule has 0 aliphatic heterocycles. The van der Waals surface area contributed by atoms with Crippen LogP contribution in [-0.4, -0.2) is 21.5 Å². The molecule has 0 aliphatic rings. The van der Waals surface area contributed by atoms with Crippen LogP contribution in [0.2, 0.25) is 0 Å². The summed E-state index contributed by atoms with van der Waals surface area (Å²) in [5.74, 6) is 0. The second kappa shape index (κ2) is 10.2. The van der Waals surface area contributed by atoms with Crippen molar-refractivity contribution in [1.82, 2.24) is 19.4 Å². The highest BCUT2D eigenvalue weighted by molar-refractivity contribution is 7.99. The molecular weight excluding hydrogens is 437 g/mol. The summed E-state index contributed by atoms with van der Waals surface area (Å²) in [6.45, 7) is 10.7. The van der Waals surface area contributed by atoms with E-state index in [9.17, 15) is 0 Å². The normalized spacial score (nSPS) is 11.8. The third-order valence-electron chi connectivity index (χ3n) is 3.37. The molecule has 0 atom stereocenters. The first kappa shape index (κ1) is 22.5. The summed E-state index contributed by atoms with van der Waals surface area (Å²) in [6.07, 6.45) is 0. The average molecular weight is 463 g/mol. The predicted molar refractivity (Wildman–Crippen MR) is 132 cm³/mol. The van der Waals surface area contributed by atoms with E-state index in [-0.39, 0.29) is 5.54 Å². The molecule has 2 aromatic heterocycles. The number of benzene rings is 2. The fraction of sp³-hybridized carbons (Fsp3) is 0.333. The summed E-state index contributed by atoms with van der Waals surface area (Å²) in [7, 11) is 0. The number of nitrogens with one attached hydrogen (secondary N) is 2. The summed E-state index contributed by atoms with van der Waals surface area (Å²) in [4.78, 5) is 9.04. The van der Waals surface area contributed by atoms with Crippen LogP contribution in [-0.2, 0) is 0 Å². The maximum atomic E-state index is 4.53. The number of hydrogen-bond acceptors (Lipinski definition) is 8. The Morgan fingerprint density at radius 1 is 0.793 bits per heavy atom. The quantitative estimate of drug-likeness (QED) is 0.312. The highest BCUT2D eigenvalue weighted by Gasteiger charge is 2.11. The summed E-state index contributed by atoms with van der Waals surface area (Å²) >= 11 is 6.68. The van der Waals surface area contributed by atoms with Gasteiger partial charge in [0.05, 0.1) is 20.4 Å². The van der Waals surface area contributed by atoms with Crippen molar-refractivity contribution in [2.75, 3.05) is 0 Å². The van der Waals surface area contributed by atoms with E-state index >= 15 is 0 Å². The predicted octanol–water partition coefficient (Wildman–Crippen LogP) is 6.99. The molecule has 0 amide bonds. The molecule has 0 fully saturated rings. The SMILES string of the molecule is CC(C)(C)NSc1nc2ccccc2s1.CC(C)NSc1nc2ccccc2s1. The van der Waals surface area contributed by atoms with Crippen molar-refractivity contribution in [3.8, 4) is 0 Å². The molecule has 0 unspecified atom stereocenters. The van der Waals surface area contributed by atoms with Gasteiger partial charge in [-0.2, -0.15) is 0 Å². The Hall–Kier alpha value is -1.16. The molecule has 0 saturated carbocycles. The van der Waals surface area contributed by atoms with E-state index in [1.165, 1.54) is 9.40 Å². The minimum Gasteiger partial charge on any atom is -0.255 e. The topological polar surface area (TPSA) is 49.8 Å². The highest BCUT2D eigenvalue weighted by Crippen LogP contribution is 2.29. The molecule has 8 heteroatoms. The molecule has 2 N–H and O–H groups in total. The molecule has 4 rings (SSSR count). The standard InChI is InChI=1S/C11H14N2S2.C10H12N2S2/c1-11(2,3)13-15-10-12-8-6-4-5-7-9(8)14-10;1-7(2)12-14-10-11-8-5-3-4-6-9(8)13-10/h4-7,13H,1-3H3;3-7,12H,1-2H3. The molecule has 4 aromatic rings. The smallest absolute Gasteiger partial charge is 0.166 e. The lowest BCUT2D eigenvalue weighted by molar-refractivity contribution is 0.535. The Kier molecular flexibility index (Phi) is 7.95. The molecule has 0 saturated heterocycles. The van der Waals surface area contributed by atoms with Crippen LogP contribution in [0.25, 0.3) is 20.4 Å². The van der Waals surface area contributed by atoms with Crippen molar-refractivity contribution in [1.29, 1.82) is 0 Å². The van der Waals surface area contributed by atoms with Gasteiger partial charge in [-0.15, -0.1) is 22.7 Å². The van der Waals surface area contributed by atoms with Gasteiger partial charge in [-0.05, 0) is 82.8 Å². The third kappa shape index (κ3) is 7.24. The van der Waals surface area contributed by atoms with Crippen LogP contribution >= 0.6 is 46.6 Å². The molecule has 2 heterocycles. The van der Waals surface area contributed by atoms with Gasteiger partial charge in [0.15, 0.2) is 8.68 Å². The maximum absolute atomic E-state index is 4.53. The maximum Gasteiger partial charge on any atom is 0.166 e. The van der Waals surface area contributed by atoms with Gasteiger partial charge < -0.3 is 0 Å². The van der Waals surface area contributed by atoms with Crippen molar-refractivity contribution < 1.29 is 0 Å². The lowest BCUT2D eigenvalue weighted by Crippen LogP contribution is -2.29. The zero-order chi connectivity index (χ0) is 20.9. The number of para-hydroxylation sites is 2. The van der Waals surface area contributed by atoms with Gasteiger partial charge in [0.2, 0.25) is 0 Å². The van der Waals surface area contributed by atoms with E-state index in [1.54, 1.807) is 46.6 Å². The van der Waals surface area contributed by atoms with E-state index in [2.05, 4.69) is 66.2 Å². The molecule has 0 bridgehead atoms. The van der Waals surface area contributed by atoms with Crippen LogP contribution in [0.5, 0.6) is 0 Å². The van der Waals surface area contributed by atoms with E-state index in [1.807, 2.05) is 36.4 Å². The summed E-state index contributed by atoms with van der Waals surface area (Å²) < 4.78 is 11.3. The minimum absolute atomic E-state index is 0.114. The molecule has 154 valence electrons. The second-order valence-electron chi connectivity index (χ2n) is 7.72. The number of nitrogens with zero attached hydrogens (tertiary/aromatic N) is 2. The van der Waals surface area contributed by atoms with Crippen LogP contribution in [0, 0.1) is 0 Å². The van der Waals surface area contributed by atoms with Crippen molar-refractivity contribution in [2.45, 2.75) is 54.9 Å². The number of fused-ring (bicyclic) bond motifs is 2. The molecule has 0 radical (unpaired) electrons. The molecular formula is C21H26N4S4. The van der Waals surface area contributed by atoms with Gasteiger partial charge in [0, 0.05) is 11.6 Å². The van der Waals surface area contributed by atoms with Gasteiger partial charge in [-0.3, -0.25) is 9.44 Å². The number of rotatable bonds is 5. The van der Waals surface area contributed by atoms with Crippen LogP contribution in [0.4, 0.5) is 0 Å². The summed E-state index contributed by atoms with van der Waals surface area (Å²) in [5.41, 5.74) is 2.29. The summed E-state index contributed by atoms with van der Waals surface area (Å²) in [5, 5.41) is 0. The zero-order valence-electron chi connectivity index (χ0n) is 17.2. The second-order valence-corrected chi connectivity index (χ2v) is 11.9. The Morgan fingerprint density at radius 2 is 1.28 bits per heavy atom. The van der Waals surface area contributed by atoms with Crippen LogP contribution < -0.4 is 9.44 Å². The fourth-order valence-corrected chi connectivity index (χ4v) is 5.71. The Bertz CT molecular complexity index is 983. The van der Waals surface area contributed by atoms with Gasteiger partial charge in [0.25, 0.3) is 0 Å². The largest absolute Gasteiger partial charge is 0.255 e. The lowest BCUT2D eigenvalue weighted by atomic mass is 10.1. The third-order valence-corrected chi connectivity index (χ3v) is 7.87. The monoisotopic (exact) mass is 462 g/mol. The van der Waals surface area contributed by atoms with Crippen LogP contribution in [0.3, 0.4) is 0 Å². The Morgan fingerprint density at radius 3 is 1.72 bits per heavy atom. The first-order valence-electron chi connectivity index (χ1n) is 9.38. The van der Waals surface area contributed by atoms with Crippen molar-refractivity contribution in [2.24, 2.45) is 0 Å². The molecule has 0 spiro atoms.